The van der Waals surface area contributed by atoms with E-state index in [-0.39, 0.29) is 10.5 Å². The predicted octanol–water partition coefficient (Wildman–Crippen LogP) is 0.952. The SMILES string of the molecule is CNCC(C)S(=O)(=O)C1CCCC1. The van der Waals surface area contributed by atoms with Crippen molar-refractivity contribution in [1.82, 2.24) is 5.32 Å². The van der Waals surface area contributed by atoms with Gasteiger partial charge in [-0.3, -0.25) is 0 Å². The standard InChI is InChI=1S/C9H19NO2S/c1-8(7-10-2)13(11,12)9-5-3-4-6-9/h8-10H,3-7H2,1-2H3. The quantitative estimate of drug-likeness (QED) is 0.743. The first kappa shape index (κ1) is 11.0. The van der Waals surface area contributed by atoms with Crippen LogP contribution in [0.4, 0.5) is 0 Å². The first-order valence-electron chi connectivity index (χ1n) is 4.96. The van der Waals surface area contributed by atoms with Crippen LogP contribution in [0.25, 0.3) is 0 Å². The highest BCUT2D eigenvalue weighted by molar-refractivity contribution is 7.92. The van der Waals surface area contributed by atoms with Crippen molar-refractivity contribution in [2.24, 2.45) is 0 Å². The lowest BCUT2D eigenvalue weighted by atomic mass is 10.4. The first-order chi connectivity index (χ1) is 6.09. The third-order valence-corrected chi connectivity index (χ3v) is 5.51. The van der Waals surface area contributed by atoms with E-state index >= 15 is 0 Å². The van der Waals surface area contributed by atoms with Crippen LogP contribution in [-0.2, 0) is 9.84 Å². The fourth-order valence-electron chi connectivity index (χ4n) is 1.95. The molecule has 4 heteroatoms. The monoisotopic (exact) mass is 205 g/mol. The Hall–Kier alpha value is -0.0900. The minimum atomic E-state index is -2.86. The molecule has 0 saturated heterocycles. The van der Waals surface area contributed by atoms with Gasteiger partial charge in [0, 0.05) is 6.54 Å². The van der Waals surface area contributed by atoms with E-state index < -0.39 is 9.84 Å². The molecule has 0 bridgehead atoms. The van der Waals surface area contributed by atoms with E-state index in [1.807, 2.05) is 0 Å². The van der Waals surface area contributed by atoms with E-state index in [1.165, 1.54) is 0 Å². The predicted molar refractivity (Wildman–Crippen MR) is 54.6 cm³/mol. The summed E-state index contributed by atoms with van der Waals surface area (Å²) in [5, 5.41) is 2.62. The number of nitrogens with one attached hydrogen (secondary N) is 1. The van der Waals surface area contributed by atoms with Crippen molar-refractivity contribution in [3.63, 3.8) is 0 Å². The molecule has 1 fully saturated rings. The average Bonchev–Trinajstić information content (AvgIpc) is 2.56. The molecule has 0 spiro atoms. The second kappa shape index (κ2) is 4.42. The molecule has 78 valence electrons. The molecule has 1 aliphatic carbocycles. The molecule has 1 unspecified atom stereocenters. The van der Waals surface area contributed by atoms with Gasteiger partial charge in [-0.15, -0.1) is 0 Å². The summed E-state index contributed by atoms with van der Waals surface area (Å²) in [7, 11) is -1.07. The van der Waals surface area contributed by atoms with Crippen molar-refractivity contribution in [3.8, 4) is 0 Å². The second-order valence-electron chi connectivity index (χ2n) is 3.86. The molecule has 13 heavy (non-hydrogen) atoms. The van der Waals surface area contributed by atoms with Crippen LogP contribution >= 0.6 is 0 Å². The molecule has 0 aromatic rings. The maximum atomic E-state index is 11.9. The smallest absolute Gasteiger partial charge is 0.156 e. The van der Waals surface area contributed by atoms with E-state index in [1.54, 1.807) is 14.0 Å². The lowest BCUT2D eigenvalue weighted by molar-refractivity contribution is 0.562. The Kier molecular flexibility index (Phi) is 3.74. The van der Waals surface area contributed by atoms with E-state index in [9.17, 15) is 8.42 Å². The largest absolute Gasteiger partial charge is 0.318 e. The Morgan fingerprint density at radius 2 is 1.92 bits per heavy atom. The van der Waals surface area contributed by atoms with E-state index in [2.05, 4.69) is 5.32 Å². The van der Waals surface area contributed by atoms with Gasteiger partial charge in [0.25, 0.3) is 0 Å². The van der Waals surface area contributed by atoms with Crippen LogP contribution < -0.4 is 5.32 Å². The highest BCUT2D eigenvalue weighted by atomic mass is 32.2. The Bertz CT molecular complexity index is 242. The number of hydrogen-bond acceptors (Lipinski definition) is 3. The minimum Gasteiger partial charge on any atom is -0.318 e. The van der Waals surface area contributed by atoms with Gasteiger partial charge in [0.15, 0.2) is 9.84 Å². The van der Waals surface area contributed by atoms with Crippen molar-refractivity contribution in [1.29, 1.82) is 0 Å². The van der Waals surface area contributed by atoms with Crippen LogP contribution in [0.5, 0.6) is 0 Å². The van der Waals surface area contributed by atoms with Crippen molar-refractivity contribution >= 4 is 9.84 Å². The molecule has 0 radical (unpaired) electrons. The van der Waals surface area contributed by atoms with Crippen molar-refractivity contribution < 1.29 is 8.42 Å². The molecule has 1 atom stereocenters. The number of hydrogen-bond donors (Lipinski definition) is 1. The molecule has 1 rings (SSSR count). The fraction of sp³-hybridized carbons (Fsp3) is 1.00. The van der Waals surface area contributed by atoms with Crippen LogP contribution in [0.1, 0.15) is 32.6 Å². The van der Waals surface area contributed by atoms with Crippen LogP contribution in [0, 0.1) is 0 Å². The molecule has 0 aromatic heterocycles. The Morgan fingerprint density at radius 1 is 1.38 bits per heavy atom. The molecule has 0 aromatic carbocycles. The third kappa shape index (κ3) is 2.44. The Labute approximate surface area is 80.8 Å². The summed E-state index contributed by atoms with van der Waals surface area (Å²) in [6.45, 7) is 2.36. The average molecular weight is 205 g/mol. The fourth-order valence-corrected chi connectivity index (χ4v) is 4.00. The van der Waals surface area contributed by atoms with Gasteiger partial charge in [-0.25, -0.2) is 8.42 Å². The summed E-state index contributed by atoms with van der Waals surface area (Å²) >= 11 is 0. The molecule has 0 aliphatic heterocycles. The van der Waals surface area contributed by atoms with E-state index in [0.717, 1.165) is 25.7 Å². The summed E-state index contributed by atoms with van der Waals surface area (Å²) in [6.07, 6.45) is 3.90. The van der Waals surface area contributed by atoms with Gasteiger partial charge in [-0.1, -0.05) is 12.8 Å². The molecular formula is C9H19NO2S. The van der Waals surface area contributed by atoms with Crippen LogP contribution in [-0.4, -0.2) is 32.5 Å². The molecule has 1 aliphatic rings. The zero-order valence-electron chi connectivity index (χ0n) is 8.41. The molecular weight excluding hydrogens is 186 g/mol. The Morgan fingerprint density at radius 3 is 2.38 bits per heavy atom. The van der Waals surface area contributed by atoms with Gasteiger partial charge in [0.1, 0.15) is 0 Å². The summed E-state index contributed by atoms with van der Waals surface area (Å²) < 4.78 is 23.8. The lowest BCUT2D eigenvalue weighted by Crippen LogP contribution is -2.35. The normalized spacial score (nSPS) is 22.0. The molecule has 0 amide bonds. The number of sulfone groups is 1. The summed E-state index contributed by atoms with van der Waals surface area (Å²) in [5.41, 5.74) is 0. The van der Waals surface area contributed by atoms with Crippen molar-refractivity contribution in [2.75, 3.05) is 13.6 Å². The van der Waals surface area contributed by atoms with Crippen LogP contribution in [0.3, 0.4) is 0 Å². The molecule has 0 heterocycles. The molecule has 3 nitrogen and oxygen atoms in total. The number of rotatable bonds is 4. The van der Waals surface area contributed by atoms with Gasteiger partial charge in [0.2, 0.25) is 0 Å². The minimum absolute atomic E-state index is 0.0594. The van der Waals surface area contributed by atoms with E-state index in [4.69, 9.17) is 0 Å². The second-order valence-corrected chi connectivity index (χ2v) is 6.51. The maximum absolute atomic E-state index is 11.9. The lowest BCUT2D eigenvalue weighted by Gasteiger charge is -2.17. The van der Waals surface area contributed by atoms with Crippen LogP contribution in [0.15, 0.2) is 0 Å². The first-order valence-corrected chi connectivity index (χ1v) is 6.57. The van der Waals surface area contributed by atoms with Gasteiger partial charge in [0.05, 0.1) is 10.5 Å². The Balaban J connectivity index is 2.63. The van der Waals surface area contributed by atoms with Gasteiger partial charge in [-0.05, 0) is 26.8 Å². The molecule has 1 saturated carbocycles. The third-order valence-electron chi connectivity index (χ3n) is 2.82. The zero-order valence-corrected chi connectivity index (χ0v) is 9.23. The summed E-state index contributed by atoms with van der Waals surface area (Å²) in [4.78, 5) is 0. The van der Waals surface area contributed by atoms with E-state index in [0.29, 0.717) is 6.54 Å². The van der Waals surface area contributed by atoms with Crippen molar-refractivity contribution in [2.45, 2.75) is 43.1 Å². The molecule has 1 N–H and O–H groups in total. The zero-order chi connectivity index (χ0) is 9.90. The van der Waals surface area contributed by atoms with Gasteiger partial charge >= 0.3 is 0 Å². The highest BCUT2D eigenvalue weighted by Gasteiger charge is 2.32. The van der Waals surface area contributed by atoms with Gasteiger partial charge in [-0.2, -0.15) is 0 Å². The highest BCUT2D eigenvalue weighted by Crippen LogP contribution is 2.27. The summed E-state index contributed by atoms with van der Waals surface area (Å²) in [5.74, 6) is 0. The van der Waals surface area contributed by atoms with Crippen molar-refractivity contribution in [3.05, 3.63) is 0 Å². The summed E-state index contributed by atoms with van der Waals surface area (Å²) in [6, 6.07) is 0. The topological polar surface area (TPSA) is 46.2 Å². The van der Waals surface area contributed by atoms with Gasteiger partial charge < -0.3 is 5.32 Å². The maximum Gasteiger partial charge on any atom is 0.156 e. The van der Waals surface area contributed by atoms with Crippen LogP contribution in [0.2, 0.25) is 0 Å².